The maximum atomic E-state index is 13.6. The first-order chi connectivity index (χ1) is 9.75. The second kappa shape index (κ2) is 5.63. The van der Waals surface area contributed by atoms with Crippen LogP contribution in [0, 0.1) is 18.2 Å². The SMILES string of the molecule is Cc1ncc([C@@H]2CCON2C(=O)C(C)(C)C(F)F)cc1F. The third-order valence-corrected chi connectivity index (χ3v) is 3.63. The summed E-state index contributed by atoms with van der Waals surface area (Å²) in [4.78, 5) is 21.3. The molecular formula is C14H17F3N2O2. The van der Waals surface area contributed by atoms with Gasteiger partial charge in [-0.2, -0.15) is 0 Å². The van der Waals surface area contributed by atoms with Crippen LogP contribution < -0.4 is 0 Å². The van der Waals surface area contributed by atoms with E-state index in [4.69, 9.17) is 4.84 Å². The van der Waals surface area contributed by atoms with Gasteiger partial charge < -0.3 is 0 Å². The quantitative estimate of drug-likeness (QED) is 0.862. The van der Waals surface area contributed by atoms with E-state index >= 15 is 0 Å². The highest BCUT2D eigenvalue weighted by atomic mass is 19.3. The maximum absolute atomic E-state index is 13.6. The average molecular weight is 302 g/mol. The van der Waals surface area contributed by atoms with Crippen LogP contribution in [0.25, 0.3) is 0 Å². The van der Waals surface area contributed by atoms with E-state index in [1.165, 1.54) is 19.2 Å². The molecule has 1 amide bonds. The molecule has 1 saturated heterocycles. The number of nitrogens with zero attached hydrogens (tertiary/aromatic N) is 2. The van der Waals surface area contributed by atoms with E-state index in [9.17, 15) is 18.0 Å². The lowest BCUT2D eigenvalue weighted by molar-refractivity contribution is -0.194. The van der Waals surface area contributed by atoms with Crippen LogP contribution in [0.1, 0.15) is 37.6 Å². The molecule has 2 rings (SSSR count). The molecular weight excluding hydrogens is 285 g/mol. The van der Waals surface area contributed by atoms with Gasteiger partial charge in [0, 0.05) is 12.6 Å². The van der Waals surface area contributed by atoms with E-state index in [0.717, 1.165) is 18.9 Å². The Morgan fingerprint density at radius 3 is 2.76 bits per heavy atom. The van der Waals surface area contributed by atoms with Crippen LogP contribution in [-0.4, -0.2) is 29.0 Å². The number of aryl methyl sites for hydroxylation is 1. The molecule has 1 aliphatic heterocycles. The van der Waals surface area contributed by atoms with E-state index in [-0.39, 0.29) is 12.3 Å². The summed E-state index contributed by atoms with van der Waals surface area (Å²) in [5.74, 6) is -1.32. The first kappa shape index (κ1) is 15.8. The molecule has 0 aromatic carbocycles. The summed E-state index contributed by atoms with van der Waals surface area (Å²) in [5.41, 5.74) is -1.18. The number of carbonyl (C=O) groups excluding carboxylic acids is 1. The second-order valence-electron chi connectivity index (χ2n) is 5.63. The number of pyridine rings is 1. The van der Waals surface area contributed by atoms with Gasteiger partial charge in [0.1, 0.15) is 11.2 Å². The van der Waals surface area contributed by atoms with Gasteiger partial charge in [0.25, 0.3) is 12.3 Å². The summed E-state index contributed by atoms with van der Waals surface area (Å²) >= 11 is 0. The summed E-state index contributed by atoms with van der Waals surface area (Å²) in [5, 5.41) is 0.929. The Kier molecular flexibility index (Phi) is 4.22. The third kappa shape index (κ3) is 2.88. The molecule has 1 aromatic rings. The Morgan fingerprint density at radius 1 is 1.52 bits per heavy atom. The van der Waals surface area contributed by atoms with Crippen molar-refractivity contribution in [2.75, 3.05) is 6.61 Å². The Labute approximate surface area is 120 Å². The minimum absolute atomic E-state index is 0.214. The van der Waals surface area contributed by atoms with Gasteiger partial charge >= 0.3 is 0 Å². The molecule has 21 heavy (non-hydrogen) atoms. The molecule has 0 unspecified atom stereocenters. The third-order valence-electron chi connectivity index (χ3n) is 3.63. The predicted molar refractivity (Wildman–Crippen MR) is 68.9 cm³/mol. The number of halogens is 3. The predicted octanol–water partition coefficient (Wildman–Crippen LogP) is 3.03. The van der Waals surface area contributed by atoms with Crippen LogP contribution in [0.4, 0.5) is 13.2 Å². The molecule has 2 heterocycles. The highest BCUT2D eigenvalue weighted by molar-refractivity contribution is 5.82. The summed E-state index contributed by atoms with van der Waals surface area (Å²) < 4.78 is 39.6. The van der Waals surface area contributed by atoms with E-state index in [1.54, 1.807) is 0 Å². The molecule has 4 nitrogen and oxygen atoms in total. The number of amides is 1. The summed E-state index contributed by atoms with van der Waals surface area (Å²) in [6.45, 7) is 4.05. The molecule has 0 N–H and O–H groups in total. The number of aromatic nitrogens is 1. The Balaban J connectivity index is 2.28. The largest absolute Gasteiger partial charge is 0.272 e. The lowest BCUT2D eigenvalue weighted by Crippen LogP contribution is -2.43. The molecule has 0 spiro atoms. The van der Waals surface area contributed by atoms with Crippen molar-refractivity contribution in [3.63, 3.8) is 0 Å². The lowest BCUT2D eigenvalue weighted by atomic mass is 9.92. The minimum Gasteiger partial charge on any atom is -0.272 e. The standard InChI is InChI=1S/C14H17F3N2O2/c1-8-10(15)6-9(7-18-8)11-4-5-21-19(11)13(20)14(2,3)12(16)17/h6-7,11-12H,4-5H2,1-3H3/t11-/m0/s1. The van der Waals surface area contributed by atoms with Crippen molar-refractivity contribution in [2.24, 2.45) is 5.41 Å². The van der Waals surface area contributed by atoms with Gasteiger partial charge in [0.05, 0.1) is 18.3 Å². The van der Waals surface area contributed by atoms with Crippen LogP contribution in [0.3, 0.4) is 0 Å². The highest BCUT2D eigenvalue weighted by Gasteiger charge is 2.45. The van der Waals surface area contributed by atoms with Gasteiger partial charge in [-0.25, -0.2) is 18.2 Å². The first-order valence-electron chi connectivity index (χ1n) is 6.62. The zero-order chi connectivity index (χ0) is 15.8. The molecule has 1 fully saturated rings. The van der Waals surface area contributed by atoms with Crippen LogP contribution in [-0.2, 0) is 9.63 Å². The Bertz CT molecular complexity index is 549. The smallest absolute Gasteiger partial charge is 0.258 e. The van der Waals surface area contributed by atoms with Crippen LogP contribution in [0.5, 0.6) is 0 Å². The van der Waals surface area contributed by atoms with Crippen molar-refractivity contribution in [3.05, 3.63) is 29.3 Å². The van der Waals surface area contributed by atoms with Crippen molar-refractivity contribution in [1.82, 2.24) is 10.0 Å². The number of hydrogen-bond donors (Lipinski definition) is 0. The van der Waals surface area contributed by atoms with Crippen molar-refractivity contribution in [3.8, 4) is 0 Å². The molecule has 0 bridgehead atoms. The van der Waals surface area contributed by atoms with Crippen molar-refractivity contribution in [1.29, 1.82) is 0 Å². The maximum Gasteiger partial charge on any atom is 0.258 e. The number of rotatable bonds is 3. The van der Waals surface area contributed by atoms with Gasteiger partial charge in [0.2, 0.25) is 0 Å². The normalized spacial score (nSPS) is 19.4. The molecule has 0 saturated carbocycles. The Hall–Kier alpha value is -1.63. The first-order valence-corrected chi connectivity index (χ1v) is 6.62. The Morgan fingerprint density at radius 2 is 2.19 bits per heavy atom. The molecule has 0 radical (unpaired) electrons. The van der Waals surface area contributed by atoms with Crippen molar-refractivity contribution >= 4 is 5.91 Å². The monoisotopic (exact) mass is 302 g/mol. The number of alkyl halides is 2. The number of carbonyl (C=O) groups is 1. The molecule has 1 aliphatic rings. The summed E-state index contributed by atoms with van der Waals surface area (Å²) in [6, 6.07) is 0.662. The van der Waals surface area contributed by atoms with E-state index < -0.39 is 29.6 Å². The molecule has 1 atom stereocenters. The van der Waals surface area contributed by atoms with Gasteiger partial charge in [-0.15, -0.1) is 0 Å². The fourth-order valence-electron chi connectivity index (χ4n) is 2.05. The van der Waals surface area contributed by atoms with Gasteiger partial charge in [-0.05, 0) is 32.4 Å². The van der Waals surface area contributed by atoms with Crippen LogP contribution in [0.15, 0.2) is 12.3 Å². The average Bonchev–Trinajstić information content (AvgIpc) is 2.89. The van der Waals surface area contributed by atoms with Crippen LogP contribution in [0.2, 0.25) is 0 Å². The minimum atomic E-state index is -2.82. The van der Waals surface area contributed by atoms with Gasteiger partial charge in [0.15, 0.2) is 0 Å². The van der Waals surface area contributed by atoms with Gasteiger partial charge in [-0.3, -0.25) is 14.6 Å². The van der Waals surface area contributed by atoms with Crippen molar-refractivity contribution < 1.29 is 22.8 Å². The highest BCUT2D eigenvalue weighted by Crippen LogP contribution is 2.36. The second-order valence-corrected chi connectivity index (χ2v) is 5.63. The molecule has 0 aliphatic carbocycles. The van der Waals surface area contributed by atoms with Crippen LogP contribution >= 0.6 is 0 Å². The zero-order valence-electron chi connectivity index (χ0n) is 12.1. The van der Waals surface area contributed by atoms with E-state index in [2.05, 4.69) is 4.98 Å². The topological polar surface area (TPSA) is 42.4 Å². The number of hydrogen-bond acceptors (Lipinski definition) is 3. The van der Waals surface area contributed by atoms with Gasteiger partial charge in [-0.1, -0.05) is 0 Å². The molecule has 116 valence electrons. The summed E-state index contributed by atoms with van der Waals surface area (Å²) in [7, 11) is 0. The van der Waals surface area contributed by atoms with Crippen molar-refractivity contribution in [2.45, 2.75) is 39.7 Å². The van der Waals surface area contributed by atoms with E-state index in [1.807, 2.05) is 0 Å². The lowest BCUT2D eigenvalue weighted by Gasteiger charge is -2.30. The van der Waals surface area contributed by atoms with E-state index in [0.29, 0.717) is 12.0 Å². The fraction of sp³-hybridized carbons (Fsp3) is 0.571. The molecule has 7 heteroatoms. The summed E-state index contributed by atoms with van der Waals surface area (Å²) in [6.07, 6.45) is -0.967. The zero-order valence-corrected chi connectivity index (χ0v) is 12.1. The number of hydroxylamine groups is 2. The fourth-order valence-corrected chi connectivity index (χ4v) is 2.05. The molecule has 1 aromatic heterocycles.